The number of hydrogen-bond acceptors (Lipinski definition) is 8. The fourth-order valence-electron chi connectivity index (χ4n) is 1.38. The number of nitro benzene ring substituents is 2. The molecule has 10 nitrogen and oxygen atoms in total. The van der Waals surface area contributed by atoms with Crippen LogP contribution < -0.4 is 0 Å². The van der Waals surface area contributed by atoms with Gasteiger partial charge in [0.05, 0.1) is 28.1 Å². The number of nitro groups is 2. The fourth-order valence-corrected chi connectivity index (χ4v) is 1.38. The molecule has 10 heteroatoms. The minimum absolute atomic E-state index is 0.144. The van der Waals surface area contributed by atoms with Gasteiger partial charge in [0.25, 0.3) is 11.4 Å². The molecule has 0 spiro atoms. The summed E-state index contributed by atoms with van der Waals surface area (Å²) >= 11 is 0. The maximum absolute atomic E-state index is 11.7. The van der Waals surface area contributed by atoms with Crippen LogP contribution in [0.5, 0.6) is 0 Å². The monoisotopic (exact) mass is 322 g/mol. The zero-order valence-electron chi connectivity index (χ0n) is 11.8. The van der Waals surface area contributed by atoms with E-state index in [1.165, 1.54) is 0 Å². The zero-order chi connectivity index (χ0) is 17.4. The van der Waals surface area contributed by atoms with E-state index in [-0.39, 0.29) is 12.2 Å². The second-order valence-electron chi connectivity index (χ2n) is 3.85. The molecule has 1 aromatic carbocycles. The van der Waals surface area contributed by atoms with E-state index < -0.39 is 39.8 Å². The standard InChI is InChI=1S/C13H10N2O8/c1-2-22-12(16)4-3-5-23-13(17)9-6-10(14(18)19)8-11(7-9)15(20)21/h6-8H,2,5H2,1H3. The van der Waals surface area contributed by atoms with Crippen molar-refractivity contribution < 1.29 is 28.9 Å². The molecule has 23 heavy (non-hydrogen) atoms. The molecular formula is C13H10N2O8. The van der Waals surface area contributed by atoms with Crippen LogP contribution in [0.4, 0.5) is 11.4 Å². The molecule has 0 fully saturated rings. The van der Waals surface area contributed by atoms with E-state index in [0.717, 1.165) is 18.2 Å². The smallest absolute Gasteiger partial charge is 0.384 e. The van der Waals surface area contributed by atoms with E-state index in [1.807, 2.05) is 5.92 Å². The summed E-state index contributed by atoms with van der Waals surface area (Å²) in [6.45, 7) is 1.26. The molecule has 0 N–H and O–H groups in total. The minimum atomic E-state index is -1.05. The van der Waals surface area contributed by atoms with Crippen LogP contribution >= 0.6 is 0 Å². The Balaban J connectivity index is 2.85. The molecule has 0 heterocycles. The highest BCUT2D eigenvalue weighted by molar-refractivity contribution is 5.91. The van der Waals surface area contributed by atoms with E-state index in [9.17, 15) is 29.8 Å². The number of hydrogen-bond donors (Lipinski definition) is 0. The number of nitrogens with zero attached hydrogens (tertiary/aromatic N) is 2. The van der Waals surface area contributed by atoms with Gasteiger partial charge in [-0.3, -0.25) is 20.2 Å². The fraction of sp³-hybridized carbons (Fsp3) is 0.231. The largest absolute Gasteiger partial charge is 0.456 e. The first-order chi connectivity index (χ1) is 10.8. The molecule has 1 aromatic rings. The van der Waals surface area contributed by atoms with Crippen LogP contribution in [0.1, 0.15) is 17.3 Å². The summed E-state index contributed by atoms with van der Waals surface area (Å²) in [5.74, 6) is 2.41. The number of ether oxygens (including phenoxy) is 2. The normalized spacial score (nSPS) is 9.26. The summed E-state index contributed by atoms with van der Waals surface area (Å²) in [5.41, 5.74) is -1.61. The quantitative estimate of drug-likeness (QED) is 0.259. The Hall–Kier alpha value is -3.48. The first-order valence-electron chi connectivity index (χ1n) is 6.11. The maximum atomic E-state index is 11.7. The molecular weight excluding hydrogens is 312 g/mol. The molecule has 0 atom stereocenters. The molecule has 0 amide bonds. The van der Waals surface area contributed by atoms with Gasteiger partial charge in [0.1, 0.15) is 0 Å². The summed E-state index contributed by atoms with van der Waals surface area (Å²) in [4.78, 5) is 42.3. The Morgan fingerprint density at radius 1 is 1.09 bits per heavy atom. The Morgan fingerprint density at radius 2 is 1.65 bits per heavy atom. The van der Waals surface area contributed by atoms with E-state index in [2.05, 4.69) is 15.4 Å². The predicted octanol–water partition coefficient (Wildman–Crippen LogP) is 1.23. The van der Waals surface area contributed by atoms with Crippen molar-refractivity contribution in [3.63, 3.8) is 0 Å². The summed E-state index contributed by atoms with van der Waals surface area (Å²) in [7, 11) is 0. The molecule has 0 saturated heterocycles. The van der Waals surface area contributed by atoms with Gasteiger partial charge >= 0.3 is 11.9 Å². The predicted molar refractivity (Wildman–Crippen MR) is 74.4 cm³/mol. The van der Waals surface area contributed by atoms with Crippen molar-refractivity contribution in [2.45, 2.75) is 6.92 Å². The topological polar surface area (TPSA) is 139 Å². The van der Waals surface area contributed by atoms with Gasteiger partial charge in [-0.1, -0.05) is 0 Å². The Kier molecular flexibility index (Phi) is 6.17. The summed E-state index contributed by atoms with van der Waals surface area (Å²) in [6.07, 6.45) is 0. The average molecular weight is 322 g/mol. The second-order valence-corrected chi connectivity index (χ2v) is 3.85. The summed E-state index contributed by atoms with van der Waals surface area (Å²) in [5, 5.41) is 21.4. The Labute approximate surface area is 129 Å². The van der Waals surface area contributed by atoms with Gasteiger partial charge in [0, 0.05) is 18.1 Å². The number of benzene rings is 1. The maximum Gasteiger partial charge on any atom is 0.384 e. The Bertz CT molecular complexity index is 684. The molecule has 0 bridgehead atoms. The molecule has 0 aliphatic rings. The first-order valence-corrected chi connectivity index (χ1v) is 6.11. The van der Waals surface area contributed by atoms with Gasteiger partial charge < -0.3 is 9.47 Å². The lowest BCUT2D eigenvalue weighted by Crippen LogP contribution is -2.07. The van der Waals surface area contributed by atoms with Crippen molar-refractivity contribution in [1.29, 1.82) is 0 Å². The molecule has 0 radical (unpaired) electrons. The third-order valence-corrected chi connectivity index (χ3v) is 2.30. The van der Waals surface area contributed by atoms with E-state index >= 15 is 0 Å². The lowest BCUT2D eigenvalue weighted by Gasteiger charge is -2.01. The number of carbonyl (C=O) groups is 2. The number of non-ortho nitro benzene ring substituents is 2. The van der Waals surface area contributed by atoms with Crippen LogP contribution in [0, 0.1) is 32.1 Å². The molecule has 0 unspecified atom stereocenters. The molecule has 1 rings (SSSR count). The van der Waals surface area contributed by atoms with Crippen LogP contribution in [0.15, 0.2) is 18.2 Å². The molecule has 0 aromatic heterocycles. The molecule has 0 aliphatic carbocycles. The van der Waals surface area contributed by atoms with E-state index in [1.54, 1.807) is 6.92 Å². The molecule has 120 valence electrons. The summed E-state index contributed by atoms with van der Waals surface area (Å²) in [6, 6.07) is 2.40. The number of esters is 2. The van der Waals surface area contributed by atoms with Gasteiger partial charge in [-0.05, 0) is 12.8 Å². The second kappa shape index (κ2) is 8.08. The first kappa shape index (κ1) is 17.6. The van der Waals surface area contributed by atoms with Crippen molar-refractivity contribution in [1.82, 2.24) is 0 Å². The highest BCUT2D eigenvalue weighted by Gasteiger charge is 2.20. The van der Waals surface area contributed by atoms with Gasteiger partial charge in [-0.15, -0.1) is 0 Å². The van der Waals surface area contributed by atoms with Crippen molar-refractivity contribution in [2.75, 3.05) is 13.2 Å². The van der Waals surface area contributed by atoms with Crippen molar-refractivity contribution in [2.24, 2.45) is 0 Å². The van der Waals surface area contributed by atoms with Crippen LogP contribution in [-0.4, -0.2) is 35.0 Å². The highest BCUT2D eigenvalue weighted by atomic mass is 16.6. The SMILES string of the molecule is CCOC(=O)C#CCOC(=O)c1cc([N+](=O)[O-])cc([N+](=O)[O-])c1. The number of carbonyl (C=O) groups excluding carboxylic acids is 2. The van der Waals surface area contributed by atoms with Crippen LogP contribution in [-0.2, 0) is 14.3 Å². The van der Waals surface area contributed by atoms with Gasteiger partial charge in [-0.2, -0.15) is 0 Å². The molecule has 0 saturated carbocycles. The van der Waals surface area contributed by atoms with Gasteiger partial charge in [-0.25, -0.2) is 9.59 Å². The lowest BCUT2D eigenvalue weighted by molar-refractivity contribution is -0.394. The van der Waals surface area contributed by atoms with Crippen LogP contribution in [0.25, 0.3) is 0 Å². The Morgan fingerprint density at radius 3 is 2.13 bits per heavy atom. The van der Waals surface area contributed by atoms with Gasteiger partial charge in [0.15, 0.2) is 6.61 Å². The summed E-state index contributed by atoms with van der Waals surface area (Å²) < 4.78 is 9.18. The average Bonchev–Trinajstić information content (AvgIpc) is 2.51. The van der Waals surface area contributed by atoms with Gasteiger partial charge in [0.2, 0.25) is 0 Å². The van der Waals surface area contributed by atoms with Crippen LogP contribution in [0.3, 0.4) is 0 Å². The highest BCUT2D eigenvalue weighted by Crippen LogP contribution is 2.23. The number of rotatable bonds is 5. The van der Waals surface area contributed by atoms with Crippen LogP contribution in [0.2, 0.25) is 0 Å². The lowest BCUT2D eigenvalue weighted by atomic mass is 10.2. The zero-order valence-corrected chi connectivity index (χ0v) is 11.8. The third kappa shape index (κ3) is 5.43. The third-order valence-electron chi connectivity index (χ3n) is 2.30. The van der Waals surface area contributed by atoms with E-state index in [0.29, 0.717) is 0 Å². The van der Waals surface area contributed by atoms with Crippen molar-refractivity contribution in [3.8, 4) is 11.8 Å². The van der Waals surface area contributed by atoms with Crippen molar-refractivity contribution >= 4 is 23.3 Å². The van der Waals surface area contributed by atoms with Crippen molar-refractivity contribution in [3.05, 3.63) is 44.0 Å². The molecule has 0 aliphatic heterocycles. The minimum Gasteiger partial charge on any atom is -0.456 e. The van der Waals surface area contributed by atoms with E-state index in [4.69, 9.17) is 0 Å².